The summed E-state index contributed by atoms with van der Waals surface area (Å²) < 4.78 is 2.05. The van der Waals surface area contributed by atoms with Gasteiger partial charge in [0, 0.05) is 54.4 Å². The topological polar surface area (TPSA) is 36.4 Å². The Morgan fingerprint density at radius 3 is 2.65 bits per heavy atom. The van der Waals surface area contributed by atoms with Gasteiger partial charge in [-0.15, -0.1) is 0 Å². The molecule has 1 amide bonds. The lowest BCUT2D eigenvalue weighted by atomic mass is 10.1. The maximum absolute atomic E-state index is 11.4. The lowest BCUT2D eigenvalue weighted by Crippen LogP contribution is -2.30. The molecule has 1 aliphatic rings. The number of carbonyl (C=O) groups is 1. The molecule has 1 aromatic heterocycles. The number of halogens is 2. The Morgan fingerprint density at radius 1 is 1.45 bits per heavy atom. The summed E-state index contributed by atoms with van der Waals surface area (Å²) in [4.78, 5) is 19.7. The van der Waals surface area contributed by atoms with Crippen LogP contribution in [0.1, 0.15) is 18.9 Å². The molecular weight excluding hydrogens is 386 g/mol. The molecule has 0 radical (unpaired) electrons. The average Bonchev–Trinajstić information content (AvgIpc) is 2.82. The molecular formula is C14H19Br2N3O. The van der Waals surface area contributed by atoms with Gasteiger partial charge in [0.05, 0.1) is 0 Å². The van der Waals surface area contributed by atoms with Crippen molar-refractivity contribution < 1.29 is 4.79 Å². The number of nitrogens with zero attached hydrogens (tertiary/aromatic N) is 3. The van der Waals surface area contributed by atoms with Crippen LogP contribution < -0.4 is 0 Å². The van der Waals surface area contributed by atoms with E-state index in [0.717, 1.165) is 41.5 Å². The zero-order chi connectivity index (χ0) is 14.7. The molecule has 110 valence electrons. The predicted octanol–water partition coefficient (Wildman–Crippen LogP) is 2.91. The van der Waals surface area contributed by atoms with Crippen LogP contribution in [-0.2, 0) is 11.3 Å². The van der Waals surface area contributed by atoms with Crippen LogP contribution in [0.4, 0.5) is 0 Å². The summed E-state index contributed by atoms with van der Waals surface area (Å²) in [5.41, 5.74) is 1.21. The van der Waals surface area contributed by atoms with Crippen molar-refractivity contribution in [3.63, 3.8) is 0 Å². The molecule has 0 bridgehead atoms. The van der Waals surface area contributed by atoms with Crippen molar-refractivity contribution in [2.24, 2.45) is 5.92 Å². The van der Waals surface area contributed by atoms with Gasteiger partial charge >= 0.3 is 0 Å². The molecule has 1 atom stereocenters. The Hall–Kier alpha value is -0.460. The molecule has 0 saturated carbocycles. The number of hydrogen-bond donors (Lipinski definition) is 0. The molecule has 4 nitrogen and oxygen atoms in total. The van der Waals surface area contributed by atoms with Gasteiger partial charge in [-0.25, -0.2) is 0 Å². The first-order chi connectivity index (χ1) is 9.47. The molecule has 20 heavy (non-hydrogen) atoms. The van der Waals surface area contributed by atoms with Gasteiger partial charge in [-0.3, -0.25) is 9.78 Å². The van der Waals surface area contributed by atoms with E-state index in [1.165, 1.54) is 5.56 Å². The number of rotatable bonds is 4. The Balaban J connectivity index is 1.90. The Bertz CT molecular complexity index is 475. The number of amides is 1. The third-order valence-electron chi connectivity index (χ3n) is 3.68. The quantitative estimate of drug-likeness (QED) is 0.774. The van der Waals surface area contributed by atoms with E-state index in [0.29, 0.717) is 5.92 Å². The molecule has 6 heteroatoms. The summed E-state index contributed by atoms with van der Waals surface area (Å²) in [6.45, 7) is 5.30. The zero-order valence-corrected chi connectivity index (χ0v) is 14.9. The van der Waals surface area contributed by atoms with E-state index in [2.05, 4.69) is 48.8 Å². The predicted molar refractivity (Wildman–Crippen MR) is 86.3 cm³/mol. The first-order valence-corrected chi connectivity index (χ1v) is 8.28. The van der Waals surface area contributed by atoms with Crippen molar-refractivity contribution in [2.45, 2.75) is 19.9 Å². The molecule has 2 heterocycles. The monoisotopic (exact) mass is 403 g/mol. The fraction of sp³-hybridized carbons (Fsp3) is 0.571. The van der Waals surface area contributed by atoms with E-state index in [-0.39, 0.29) is 5.91 Å². The molecule has 0 unspecified atom stereocenters. The molecule has 1 fully saturated rings. The van der Waals surface area contributed by atoms with Crippen LogP contribution in [0.2, 0.25) is 0 Å². The maximum Gasteiger partial charge on any atom is 0.219 e. The van der Waals surface area contributed by atoms with Crippen LogP contribution in [-0.4, -0.2) is 47.4 Å². The Kier molecular flexibility index (Phi) is 5.57. The van der Waals surface area contributed by atoms with Gasteiger partial charge in [0.25, 0.3) is 0 Å². The van der Waals surface area contributed by atoms with E-state index in [4.69, 9.17) is 0 Å². The summed E-state index contributed by atoms with van der Waals surface area (Å²) in [6.07, 6.45) is 4.74. The van der Waals surface area contributed by atoms with Gasteiger partial charge in [0.2, 0.25) is 5.91 Å². The lowest BCUT2D eigenvalue weighted by Gasteiger charge is -2.22. The van der Waals surface area contributed by atoms with E-state index in [1.54, 1.807) is 6.92 Å². The van der Waals surface area contributed by atoms with Crippen LogP contribution in [0.15, 0.2) is 21.3 Å². The van der Waals surface area contributed by atoms with Crippen molar-refractivity contribution in [3.05, 3.63) is 26.9 Å². The van der Waals surface area contributed by atoms with Gasteiger partial charge in [-0.2, -0.15) is 0 Å². The standard InChI is InChI=1S/C14H19Br2N3O/c1-10(20)19-4-3-11(8-19)7-18(2)9-12-13(15)5-17-6-14(12)16/h5-6,11H,3-4,7-9H2,1-2H3/t11-/m0/s1. The minimum Gasteiger partial charge on any atom is -0.343 e. The summed E-state index contributed by atoms with van der Waals surface area (Å²) in [5, 5.41) is 0. The van der Waals surface area contributed by atoms with Crippen LogP contribution in [0.25, 0.3) is 0 Å². The molecule has 2 rings (SSSR count). The van der Waals surface area contributed by atoms with Gasteiger partial charge in [0.1, 0.15) is 0 Å². The second-order valence-electron chi connectivity index (χ2n) is 5.40. The largest absolute Gasteiger partial charge is 0.343 e. The van der Waals surface area contributed by atoms with Crippen LogP contribution in [0, 0.1) is 5.92 Å². The highest BCUT2D eigenvalue weighted by molar-refractivity contribution is 9.11. The van der Waals surface area contributed by atoms with Crippen LogP contribution in [0.3, 0.4) is 0 Å². The number of carbonyl (C=O) groups excluding carboxylic acids is 1. The summed E-state index contributed by atoms with van der Waals surface area (Å²) in [6, 6.07) is 0. The Labute approximate surface area is 136 Å². The molecule has 1 aliphatic heterocycles. The van der Waals surface area contributed by atoms with Crippen molar-refractivity contribution in [1.82, 2.24) is 14.8 Å². The van der Waals surface area contributed by atoms with Crippen LogP contribution >= 0.6 is 31.9 Å². The normalized spacial score (nSPS) is 18.9. The zero-order valence-electron chi connectivity index (χ0n) is 11.8. The van der Waals surface area contributed by atoms with Gasteiger partial charge in [-0.1, -0.05) is 0 Å². The van der Waals surface area contributed by atoms with Crippen molar-refractivity contribution in [2.75, 3.05) is 26.7 Å². The average molecular weight is 405 g/mol. The maximum atomic E-state index is 11.4. The van der Waals surface area contributed by atoms with E-state index >= 15 is 0 Å². The first-order valence-electron chi connectivity index (χ1n) is 6.69. The summed E-state index contributed by atoms with van der Waals surface area (Å²) in [5.74, 6) is 0.762. The molecule has 1 saturated heterocycles. The highest BCUT2D eigenvalue weighted by Gasteiger charge is 2.25. The fourth-order valence-electron chi connectivity index (χ4n) is 2.63. The minimum absolute atomic E-state index is 0.190. The first kappa shape index (κ1) is 15.9. The van der Waals surface area contributed by atoms with E-state index < -0.39 is 0 Å². The summed E-state index contributed by atoms with van der Waals surface area (Å²) >= 11 is 7.09. The molecule has 0 aliphatic carbocycles. The van der Waals surface area contributed by atoms with Crippen molar-refractivity contribution in [3.8, 4) is 0 Å². The highest BCUT2D eigenvalue weighted by Crippen LogP contribution is 2.26. The van der Waals surface area contributed by atoms with Crippen LogP contribution in [0.5, 0.6) is 0 Å². The third-order valence-corrected chi connectivity index (χ3v) is 5.05. The van der Waals surface area contributed by atoms with Gasteiger partial charge in [0.15, 0.2) is 0 Å². The Morgan fingerprint density at radius 2 is 2.10 bits per heavy atom. The second kappa shape index (κ2) is 7.00. The smallest absolute Gasteiger partial charge is 0.219 e. The molecule has 0 spiro atoms. The number of aromatic nitrogens is 1. The second-order valence-corrected chi connectivity index (χ2v) is 7.11. The highest BCUT2D eigenvalue weighted by atomic mass is 79.9. The van der Waals surface area contributed by atoms with Gasteiger partial charge in [-0.05, 0) is 56.8 Å². The van der Waals surface area contributed by atoms with E-state index in [9.17, 15) is 4.79 Å². The number of hydrogen-bond acceptors (Lipinski definition) is 3. The SMILES string of the molecule is CC(=O)N1CC[C@@H](CN(C)Cc2c(Br)cncc2Br)C1. The third kappa shape index (κ3) is 4.02. The summed E-state index contributed by atoms with van der Waals surface area (Å²) in [7, 11) is 2.12. The van der Waals surface area contributed by atoms with Crippen molar-refractivity contribution >= 4 is 37.8 Å². The molecule has 0 aromatic carbocycles. The number of likely N-dealkylation sites (tertiary alicyclic amines) is 1. The van der Waals surface area contributed by atoms with Gasteiger partial charge < -0.3 is 9.80 Å². The fourth-order valence-corrected chi connectivity index (χ4v) is 3.81. The minimum atomic E-state index is 0.190. The van der Waals surface area contributed by atoms with Crippen molar-refractivity contribution in [1.29, 1.82) is 0 Å². The number of pyridine rings is 1. The lowest BCUT2D eigenvalue weighted by molar-refractivity contribution is -0.127. The molecule has 1 aromatic rings. The molecule has 0 N–H and O–H groups in total. The van der Waals surface area contributed by atoms with E-state index in [1.807, 2.05) is 17.3 Å².